The maximum Gasteiger partial charge on any atom is 0.182 e. The second-order valence-electron chi connectivity index (χ2n) is 4.85. The lowest BCUT2D eigenvalue weighted by Gasteiger charge is -2.25. The van der Waals surface area contributed by atoms with Gasteiger partial charge in [0.25, 0.3) is 0 Å². The lowest BCUT2D eigenvalue weighted by atomic mass is 10.3. The fourth-order valence-corrected chi connectivity index (χ4v) is 2.52. The Morgan fingerprint density at radius 1 is 1.42 bits per heavy atom. The van der Waals surface area contributed by atoms with Gasteiger partial charge in [-0.2, -0.15) is 0 Å². The topological polar surface area (TPSA) is 46.0 Å². The predicted octanol–water partition coefficient (Wildman–Crippen LogP) is 2.33. The molecule has 1 N–H and O–H groups in total. The van der Waals surface area contributed by atoms with E-state index < -0.39 is 0 Å². The highest BCUT2D eigenvalue weighted by molar-refractivity contribution is 7.13. The number of rotatable bonds is 6. The summed E-state index contributed by atoms with van der Waals surface area (Å²) >= 11 is 1.64. The molecule has 19 heavy (non-hydrogen) atoms. The van der Waals surface area contributed by atoms with Crippen molar-refractivity contribution in [3.05, 3.63) is 29.3 Å². The Hall–Kier alpha value is -1.40. The number of thiazole rings is 1. The van der Waals surface area contributed by atoms with Crippen LogP contribution in [0.2, 0.25) is 0 Å². The van der Waals surface area contributed by atoms with E-state index in [4.69, 9.17) is 0 Å². The molecule has 0 unspecified atom stereocenters. The van der Waals surface area contributed by atoms with Gasteiger partial charge in [-0.3, -0.25) is 4.90 Å². The van der Waals surface area contributed by atoms with E-state index in [1.54, 1.807) is 11.3 Å². The van der Waals surface area contributed by atoms with Crippen LogP contribution < -0.4 is 5.32 Å². The molecule has 0 amide bonds. The summed E-state index contributed by atoms with van der Waals surface area (Å²) in [5, 5.41) is 6.16. The number of anilines is 1. The molecule has 0 aliphatic carbocycles. The average molecular weight is 279 g/mol. The summed E-state index contributed by atoms with van der Waals surface area (Å²) in [6.45, 7) is 6.10. The van der Waals surface area contributed by atoms with Gasteiger partial charge in [0.05, 0.1) is 12.2 Å². The van der Waals surface area contributed by atoms with Gasteiger partial charge in [-0.15, -0.1) is 11.3 Å². The molecule has 0 atom stereocenters. The van der Waals surface area contributed by atoms with Crippen LogP contribution in [0.15, 0.2) is 17.8 Å². The number of aryl methyl sites for hydroxylation is 1. The maximum absolute atomic E-state index is 4.54. The van der Waals surface area contributed by atoms with E-state index in [1.165, 1.54) is 0 Å². The third kappa shape index (κ3) is 3.54. The fraction of sp³-hybridized carbons (Fsp3) is 0.538. The zero-order valence-corrected chi connectivity index (χ0v) is 12.7. The zero-order chi connectivity index (χ0) is 13.8. The van der Waals surface area contributed by atoms with Gasteiger partial charge >= 0.3 is 0 Å². The van der Waals surface area contributed by atoms with E-state index in [1.807, 2.05) is 26.5 Å². The minimum atomic E-state index is 0.455. The number of nitrogens with one attached hydrogen (secondary N) is 1. The van der Waals surface area contributed by atoms with Crippen LogP contribution in [0.5, 0.6) is 0 Å². The highest BCUT2D eigenvalue weighted by Gasteiger charge is 2.14. The van der Waals surface area contributed by atoms with Crippen LogP contribution in [0.4, 0.5) is 5.13 Å². The van der Waals surface area contributed by atoms with Gasteiger partial charge in [0.2, 0.25) is 0 Å². The van der Waals surface area contributed by atoms with Crippen LogP contribution in [0, 0.1) is 0 Å². The van der Waals surface area contributed by atoms with Crippen molar-refractivity contribution in [1.82, 2.24) is 19.4 Å². The third-order valence-electron chi connectivity index (χ3n) is 3.13. The monoisotopic (exact) mass is 279 g/mol. The minimum absolute atomic E-state index is 0.455. The molecule has 104 valence electrons. The van der Waals surface area contributed by atoms with Crippen molar-refractivity contribution in [2.24, 2.45) is 7.05 Å². The van der Waals surface area contributed by atoms with Crippen molar-refractivity contribution in [1.29, 1.82) is 0 Å². The lowest BCUT2D eigenvalue weighted by Crippen LogP contribution is -2.31. The van der Waals surface area contributed by atoms with Crippen LogP contribution in [0.25, 0.3) is 0 Å². The number of hydrogen-bond acceptors (Lipinski definition) is 5. The van der Waals surface area contributed by atoms with Gasteiger partial charge in [0.15, 0.2) is 5.13 Å². The number of aromatic nitrogens is 3. The smallest absolute Gasteiger partial charge is 0.182 e. The summed E-state index contributed by atoms with van der Waals surface area (Å²) in [6, 6.07) is 0.455. The standard InChI is InChI=1S/C13H21N5S/c1-10(2)18(8-12-15-5-6-17(12)4)7-11-9-19-13(14-3)16-11/h5-6,9-10H,7-8H2,1-4H3,(H,14,16). The van der Waals surface area contributed by atoms with Crippen molar-refractivity contribution >= 4 is 16.5 Å². The molecule has 0 bridgehead atoms. The summed E-state index contributed by atoms with van der Waals surface area (Å²) in [4.78, 5) is 11.3. The lowest BCUT2D eigenvalue weighted by molar-refractivity contribution is 0.194. The summed E-state index contributed by atoms with van der Waals surface area (Å²) < 4.78 is 2.06. The van der Waals surface area contributed by atoms with E-state index in [9.17, 15) is 0 Å². The highest BCUT2D eigenvalue weighted by atomic mass is 32.1. The highest BCUT2D eigenvalue weighted by Crippen LogP contribution is 2.18. The number of imidazole rings is 1. The van der Waals surface area contributed by atoms with E-state index >= 15 is 0 Å². The first-order valence-electron chi connectivity index (χ1n) is 6.42. The Labute approximate surface area is 118 Å². The second-order valence-corrected chi connectivity index (χ2v) is 5.71. The van der Waals surface area contributed by atoms with Gasteiger partial charge in [-0.05, 0) is 13.8 Å². The largest absolute Gasteiger partial charge is 0.365 e. The third-order valence-corrected chi connectivity index (χ3v) is 4.04. The normalized spacial score (nSPS) is 11.5. The van der Waals surface area contributed by atoms with Gasteiger partial charge in [-0.25, -0.2) is 9.97 Å². The number of nitrogens with zero attached hydrogens (tertiary/aromatic N) is 4. The predicted molar refractivity (Wildman–Crippen MR) is 79.3 cm³/mol. The molecule has 6 heteroatoms. The summed E-state index contributed by atoms with van der Waals surface area (Å²) in [6.07, 6.45) is 3.82. The molecule has 2 heterocycles. The Morgan fingerprint density at radius 2 is 2.21 bits per heavy atom. The fourth-order valence-electron chi connectivity index (χ4n) is 1.85. The number of hydrogen-bond donors (Lipinski definition) is 1. The first kappa shape index (κ1) is 14.0. The molecule has 2 aromatic rings. The first-order chi connectivity index (χ1) is 9.10. The van der Waals surface area contributed by atoms with Crippen LogP contribution in [0.3, 0.4) is 0 Å². The molecule has 0 saturated heterocycles. The Balaban J connectivity index is 2.06. The van der Waals surface area contributed by atoms with Crippen molar-refractivity contribution in [2.75, 3.05) is 12.4 Å². The van der Waals surface area contributed by atoms with Crippen LogP contribution in [-0.2, 0) is 20.1 Å². The Morgan fingerprint density at radius 3 is 2.74 bits per heavy atom. The summed E-state index contributed by atoms with van der Waals surface area (Å²) in [7, 11) is 3.93. The van der Waals surface area contributed by atoms with Gasteiger partial charge < -0.3 is 9.88 Å². The van der Waals surface area contributed by atoms with E-state index in [2.05, 4.69) is 44.0 Å². The molecular weight excluding hydrogens is 258 g/mol. The van der Waals surface area contributed by atoms with Crippen LogP contribution >= 0.6 is 11.3 Å². The van der Waals surface area contributed by atoms with Crippen molar-refractivity contribution in [2.45, 2.75) is 33.0 Å². The van der Waals surface area contributed by atoms with Gasteiger partial charge in [-0.1, -0.05) is 0 Å². The molecule has 0 fully saturated rings. The molecule has 2 rings (SSSR count). The van der Waals surface area contributed by atoms with Gasteiger partial charge in [0, 0.05) is 44.5 Å². The average Bonchev–Trinajstić information content (AvgIpc) is 2.98. The first-order valence-corrected chi connectivity index (χ1v) is 7.30. The van der Waals surface area contributed by atoms with Gasteiger partial charge in [0.1, 0.15) is 5.82 Å². The second kappa shape index (κ2) is 6.16. The molecule has 0 saturated carbocycles. The van der Waals surface area contributed by atoms with E-state index in [0.717, 1.165) is 29.7 Å². The molecule has 0 spiro atoms. The summed E-state index contributed by atoms with van der Waals surface area (Å²) in [5.74, 6) is 1.08. The summed E-state index contributed by atoms with van der Waals surface area (Å²) in [5.41, 5.74) is 1.11. The maximum atomic E-state index is 4.54. The molecular formula is C13H21N5S. The van der Waals surface area contributed by atoms with Crippen LogP contribution in [0.1, 0.15) is 25.4 Å². The molecule has 0 aliphatic heterocycles. The Bertz CT molecular complexity index is 517. The molecule has 0 aliphatic rings. The van der Waals surface area contributed by atoms with Crippen LogP contribution in [-0.4, -0.2) is 32.5 Å². The van der Waals surface area contributed by atoms with E-state index in [-0.39, 0.29) is 0 Å². The molecule has 5 nitrogen and oxygen atoms in total. The molecule has 0 aromatic carbocycles. The Kier molecular flexibility index (Phi) is 4.55. The van der Waals surface area contributed by atoms with Crippen molar-refractivity contribution in [3.8, 4) is 0 Å². The zero-order valence-electron chi connectivity index (χ0n) is 11.9. The van der Waals surface area contributed by atoms with Crippen molar-refractivity contribution < 1.29 is 0 Å². The van der Waals surface area contributed by atoms with Crippen molar-refractivity contribution in [3.63, 3.8) is 0 Å². The molecule has 2 aromatic heterocycles. The minimum Gasteiger partial charge on any atom is -0.365 e. The molecule has 0 radical (unpaired) electrons. The van der Waals surface area contributed by atoms with E-state index in [0.29, 0.717) is 6.04 Å². The quantitative estimate of drug-likeness (QED) is 0.881. The SMILES string of the molecule is CNc1nc(CN(Cc2nccn2C)C(C)C)cs1.